The van der Waals surface area contributed by atoms with Crippen molar-refractivity contribution in [2.45, 2.75) is 0 Å². The molecule has 0 aliphatic rings. The third-order valence-corrected chi connectivity index (χ3v) is 2.56. The second-order valence-corrected chi connectivity index (χ2v) is 4.06. The average Bonchev–Trinajstić information content (AvgIpc) is 2.48. The minimum absolute atomic E-state index is 0.103. The molecule has 2 aromatic carbocycles. The number of aromatic hydroxyl groups is 1. The minimum atomic E-state index is -0.279. The Morgan fingerprint density at radius 3 is 2.55 bits per heavy atom. The lowest BCUT2D eigenvalue weighted by Crippen LogP contribution is -2.20. The molecule has 0 aliphatic heterocycles. The fourth-order valence-electron chi connectivity index (χ4n) is 1.58. The van der Waals surface area contributed by atoms with Crippen LogP contribution >= 0.6 is 0 Å². The van der Waals surface area contributed by atoms with Crippen LogP contribution in [0.25, 0.3) is 0 Å². The molecule has 0 saturated carbocycles. The van der Waals surface area contributed by atoms with Gasteiger partial charge < -0.3 is 19.9 Å². The molecule has 2 rings (SSSR count). The molecule has 0 aliphatic carbocycles. The Labute approximate surface area is 116 Å². The molecule has 0 heterocycles. The number of methoxy groups -OCH3 is 1. The normalized spacial score (nSPS) is 9.85. The van der Waals surface area contributed by atoms with Crippen LogP contribution in [0.15, 0.2) is 48.5 Å². The zero-order chi connectivity index (χ0) is 14.4. The van der Waals surface area contributed by atoms with Crippen LogP contribution in [0.1, 0.15) is 0 Å². The molecule has 0 bridgehead atoms. The molecule has 0 radical (unpaired) electrons. The summed E-state index contributed by atoms with van der Waals surface area (Å²) in [7, 11) is 1.57. The van der Waals surface area contributed by atoms with E-state index in [1.807, 2.05) is 0 Å². The van der Waals surface area contributed by atoms with Gasteiger partial charge in [-0.3, -0.25) is 4.79 Å². The van der Waals surface area contributed by atoms with Gasteiger partial charge in [0.2, 0.25) is 0 Å². The van der Waals surface area contributed by atoms with Crippen LogP contribution in [0.3, 0.4) is 0 Å². The number of benzene rings is 2. The highest BCUT2D eigenvalue weighted by atomic mass is 16.5. The Morgan fingerprint density at radius 2 is 1.85 bits per heavy atom. The number of carbonyl (C=O) groups excluding carboxylic acids is 1. The lowest BCUT2D eigenvalue weighted by molar-refractivity contribution is -0.118. The van der Waals surface area contributed by atoms with Crippen LogP contribution in [0.2, 0.25) is 0 Å². The number of hydrogen-bond acceptors (Lipinski definition) is 4. The van der Waals surface area contributed by atoms with Crippen molar-refractivity contribution in [1.82, 2.24) is 0 Å². The van der Waals surface area contributed by atoms with Crippen LogP contribution in [-0.2, 0) is 4.79 Å². The lowest BCUT2D eigenvalue weighted by Gasteiger charge is -2.08. The van der Waals surface area contributed by atoms with Gasteiger partial charge in [0, 0.05) is 11.8 Å². The van der Waals surface area contributed by atoms with E-state index in [0.717, 1.165) is 0 Å². The maximum absolute atomic E-state index is 11.7. The molecule has 1 amide bonds. The zero-order valence-electron chi connectivity index (χ0n) is 11.0. The first-order valence-electron chi connectivity index (χ1n) is 6.03. The van der Waals surface area contributed by atoms with Crippen molar-refractivity contribution < 1.29 is 19.4 Å². The molecule has 20 heavy (non-hydrogen) atoms. The number of rotatable bonds is 5. The fourth-order valence-corrected chi connectivity index (χ4v) is 1.58. The number of anilines is 1. The van der Waals surface area contributed by atoms with Crippen molar-refractivity contribution >= 4 is 11.6 Å². The average molecular weight is 273 g/mol. The van der Waals surface area contributed by atoms with Gasteiger partial charge in [-0.15, -0.1) is 0 Å². The molecule has 0 saturated heterocycles. The van der Waals surface area contributed by atoms with E-state index in [0.29, 0.717) is 17.2 Å². The van der Waals surface area contributed by atoms with Gasteiger partial charge >= 0.3 is 0 Å². The third-order valence-electron chi connectivity index (χ3n) is 2.56. The first-order valence-corrected chi connectivity index (χ1v) is 6.03. The zero-order valence-corrected chi connectivity index (χ0v) is 11.0. The van der Waals surface area contributed by atoms with E-state index in [1.54, 1.807) is 43.5 Å². The van der Waals surface area contributed by atoms with Gasteiger partial charge in [0.25, 0.3) is 5.91 Å². The molecule has 5 nitrogen and oxygen atoms in total. The van der Waals surface area contributed by atoms with Gasteiger partial charge in [0.05, 0.1) is 7.11 Å². The van der Waals surface area contributed by atoms with Crippen molar-refractivity contribution in [3.8, 4) is 17.2 Å². The van der Waals surface area contributed by atoms with Crippen molar-refractivity contribution in [3.63, 3.8) is 0 Å². The van der Waals surface area contributed by atoms with Crippen LogP contribution in [0.5, 0.6) is 17.2 Å². The number of phenols is 1. The summed E-state index contributed by atoms with van der Waals surface area (Å²) in [5.74, 6) is 1.10. The van der Waals surface area contributed by atoms with Crippen molar-refractivity contribution in [2.24, 2.45) is 0 Å². The summed E-state index contributed by atoms with van der Waals surface area (Å²) in [6.07, 6.45) is 0. The van der Waals surface area contributed by atoms with Crippen LogP contribution in [0.4, 0.5) is 5.69 Å². The smallest absolute Gasteiger partial charge is 0.262 e. The van der Waals surface area contributed by atoms with Gasteiger partial charge in [-0.25, -0.2) is 0 Å². The maximum atomic E-state index is 11.7. The van der Waals surface area contributed by atoms with Gasteiger partial charge in [-0.2, -0.15) is 0 Å². The molecule has 2 N–H and O–H groups in total. The molecule has 5 heteroatoms. The Kier molecular flexibility index (Phi) is 4.44. The molecule has 2 aromatic rings. The number of phenolic OH excluding ortho intramolecular Hbond substituents is 1. The number of carbonyl (C=O) groups is 1. The highest BCUT2D eigenvalue weighted by molar-refractivity contribution is 5.91. The van der Waals surface area contributed by atoms with E-state index in [4.69, 9.17) is 14.6 Å². The van der Waals surface area contributed by atoms with Crippen molar-refractivity contribution in [3.05, 3.63) is 48.5 Å². The second-order valence-electron chi connectivity index (χ2n) is 4.06. The Bertz CT molecular complexity index is 581. The SMILES string of the molecule is COc1cccc(OCC(=O)Nc2ccc(O)cc2)c1. The lowest BCUT2D eigenvalue weighted by atomic mass is 10.3. The Hall–Kier alpha value is -2.69. The summed E-state index contributed by atoms with van der Waals surface area (Å²) in [6.45, 7) is -0.103. The first-order chi connectivity index (χ1) is 9.67. The predicted octanol–water partition coefficient (Wildman–Crippen LogP) is 2.42. The predicted molar refractivity (Wildman–Crippen MR) is 75.2 cm³/mol. The molecular formula is C15H15NO4. The van der Waals surface area contributed by atoms with Crippen LogP contribution in [0, 0.1) is 0 Å². The number of amides is 1. The number of hydrogen-bond donors (Lipinski definition) is 2. The molecule has 0 unspecified atom stereocenters. The van der Waals surface area contributed by atoms with Gasteiger partial charge in [0.1, 0.15) is 17.2 Å². The maximum Gasteiger partial charge on any atom is 0.262 e. The van der Waals surface area contributed by atoms with Crippen molar-refractivity contribution in [1.29, 1.82) is 0 Å². The molecule has 104 valence electrons. The molecule has 0 fully saturated rings. The van der Waals surface area contributed by atoms with E-state index in [1.165, 1.54) is 12.1 Å². The highest BCUT2D eigenvalue weighted by Gasteiger charge is 2.04. The van der Waals surface area contributed by atoms with Crippen molar-refractivity contribution in [2.75, 3.05) is 19.0 Å². The van der Waals surface area contributed by atoms with Gasteiger partial charge in [-0.05, 0) is 36.4 Å². The molecule has 0 spiro atoms. The molecule has 0 atom stereocenters. The first kappa shape index (κ1) is 13.7. The van der Waals surface area contributed by atoms with E-state index < -0.39 is 0 Å². The molecule has 0 aromatic heterocycles. The Morgan fingerprint density at radius 1 is 1.15 bits per heavy atom. The van der Waals surface area contributed by atoms with E-state index >= 15 is 0 Å². The summed E-state index contributed by atoms with van der Waals surface area (Å²) in [5.41, 5.74) is 0.599. The standard InChI is InChI=1S/C15H15NO4/c1-19-13-3-2-4-14(9-13)20-10-15(18)16-11-5-7-12(17)8-6-11/h2-9,17H,10H2,1H3,(H,16,18). The summed E-state index contributed by atoms with van der Waals surface area (Å²) < 4.78 is 10.4. The highest BCUT2D eigenvalue weighted by Crippen LogP contribution is 2.19. The summed E-state index contributed by atoms with van der Waals surface area (Å²) in [4.78, 5) is 11.7. The number of ether oxygens (including phenoxy) is 2. The quantitative estimate of drug-likeness (QED) is 0.821. The summed E-state index contributed by atoms with van der Waals surface area (Å²) in [5, 5.41) is 11.8. The third kappa shape index (κ3) is 3.91. The fraction of sp³-hybridized carbons (Fsp3) is 0.133. The topological polar surface area (TPSA) is 67.8 Å². The largest absolute Gasteiger partial charge is 0.508 e. The molecular weight excluding hydrogens is 258 g/mol. The summed E-state index contributed by atoms with van der Waals surface area (Å²) >= 11 is 0. The van der Waals surface area contributed by atoms with Crippen LogP contribution in [-0.4, -0.2) is 24.7 Å². The van der Waals surface area contributed by atoms with E-state index in [2.05, 4.69) is 5.32 Å². The van der Waals surface area contributed by atoms with E-state index in [-0.39, 0.29) is 18.3 Å². The van der Waals surface area contributed by atoms with Crippen LogP contribution < -0.4 is 14.8 Å². The summed E-state index contributed by atoms with van der Waals surface area (Å²) in [6, 6.07) is 13.2. The minimum Gasteiger partial charge on any atom is -0.508 e. The number of nitrogens with one attached hydrogen (secondary N) is 1. The van der Waals surface area contributed by atoms with E-state index in [9.17, 15) is 4.79 Å². The van der Waals surface area contributed by atoms with Gasteiger partial charge in [-0.1, -0.05) is 6.07 Å². The Balaban J connectivity index is 1.87. The monoisotopic (exact) mass is 273 g/mol. The second kappa shape index (κ2) is 6.47. The van der Waals surface area contributed by atoms with Gasteiger partial charge in [0.15, 0.2) is 6.61 Å².